The van der Waals surface area contributed by atoms with Crippen molar-refractivity contribution in [2.45, 2.75) is 0 Å². The van der Waals surface area contributed by atoms with E-state index in [-0.39, 0.29) is 0 Å². The summed E-state index contributed by atoms with van der Waals surface area (Å²) in [6.45, 7) is 0. The SMILES string of the molecule is NNc1ncnc2c1c(-c1ccccc1)c(-c1ccccc1)n2-c1ccc(Cl)cc1. The monoisotopic (exact) mass is 411 g/mol. The van der Waals surface area contributed by atoms with Crippen LogP contribution in [0.1, 0.15) is 0 Å². The van der Waals surface area contributed by atoms with Crippen LogP contribution in [0, 0.1) is 0 Å². The second-order valence-corrected chi connectivity index (χ2v) is 7.27. The van der Waals surface area contributed by atoms with Crippen LogP contribution in [0.3, 0.4) is 0 Å². The van der Waals surface area contributed by atoms with Gasteiger partial charge in [0, 0.05) is 16.3 Å². The third-order valence-corrected chi connectivity index (χ3v) is 5.33. The Bertz CT molecular complexity index is 1310. The highest BCUT2D eigenvalue weighted by Gasteiger charge is 2.24. The molecule has 0 saturated heterocycles. The number of hydrogen-bond acceptors (Lipinski definition) is 4. The molecular weight excluding hydrogens is 394 g/mol. The van der Waals surface area contributed by atoms with E-state index < -0.39 is 0 Å². The first-order valence-electron chi connectivity index (χ1n) is 9.50. The number of rotatable bonds is 4. The van der Waals surface area contributed by atoms with E-state index in [0.29, 0.717) is 10.8 Å². The molecule has 0 fully saturated rings. The van der Waals surface area contributed by atoms with Gasteiger partial charge >= 0.3 is 0 Å². The largest absolute Gasteiger partial charge is 0.308 e. The Morgan fingerprint density at radius 2 is 1.40 bits per heavy atom. The van der Waals surface area contributed by atoms with Gasteiger partial charge < -0.3 is 5.43 Å². The highest BCUT2D eigenvalue weighted by molar-refractivity contribution is 6.30. The van der Waals surface area contributed by atoms with E-state index in [1.807, 2.05) is 60.7 Å². The number of nitrogens with zero attached hydrogens (tertiary/aromatic N) is 3. The van der Waals surface area contributed by atoms with Crippen LogP contribution in [0.5, 0.6) is 0 Å². The van der Waals surface area contributed by atoms with Crippen molar-refractivity contribution in [3.8, 4) is 28.1 Å². The molecule has 5 aromatic rings. The highest BCUT2D eigenvalue weighted by atomic mass is 35.5. The van der Waals surface area contributed by atoms with Gasteiger partial charge in [-0.05, 0) is 35.4 Å². The summed E-state index contributed by atoms with van der Waals surface area (Å²) in [6, 6.07) is 28.2. The predicted octanol–water partition coefficient (Wildman–Crippen LogP) is 5.69. The summed E-state index contributed by atoms with van der Waals surface area (Å²) in [5.74, 6) is 6.43. The van der Waals surface area contributed by atoms with Crippen LogP contribution < -0.4 is 11.3 Å². The number of benzene rings is 3. The summed E-state index contributed by atoms with van der Waals surface area (Å²) in [5, 5.41) is 1.54. The van der Waals surface area contributed by atoms with E-state index in [1.165, 1.54) is 6.33 Å². The molecule has 5 nitrogen and oxygen atoms in total. The van der Waals surface area contributed by atoms with Gasteiger partial charge in [-0.3, -0.25) is 4.57 Å². The Kier molecular flexibility index (Phi) is 4.67. The molecule has 0 saturated carbocycles. The van der Waals surface area contributed by atoms with Crippen LogP contribution in [0.15, 0.2) is 91.3 Å². The average molecular weight is 412 g/mol. The molecule has 30 heavy (non-hydrogen) atoms. The molecule has 0 spiro atoms. The van der Waals surface area contributed by atoms with Crippen molar-refractivity contribution in [3.63, 3.8) is 0 Å². The molecule has 0 radical (unpaired) electrons. The first-order valence-corrected chi connectivity index (χ1v) is 9.88. The highest BCUT2D eigenvalue weighted by Crippen LogP contribution is 2.43. The first-order chi connectivity index (χ1) is 14.8. The lowest BCUT2D eigenvalue weighted by Gasteiger charge is -2.13. The number of hydrazine groups is 1. The minimum Gasteiger partial charge on any atom is -0.308 e. The Balaban J connectivity index is 1.99. The topological polar surface area (TPSA) is 68.8 Å². The zero-order valence-corrected chi connectivity index (χ0v) is 16.7. The summed E-state index contributed by atoms with van der Waals surface area (Å²) in [5.41, 5.74) is 8.60. The molecule has 5 rings (SSSR count). The Morgan fingerprint density at radius 3 is 2.03 bits per heavy atom. The number of aromatic nitrogens is 3. The second-order valence-electron chi connectivity index (χ2n) is 6.83. The number of nitrogen functional groups attached to an aromatic ring is 1. The van der Waals surface area contributed by atoms with Crippen molar-refractivity contribution in [1.29, 1.82) is 0 Å². The molecule has 2 heterocycles. The first kappa shape index (κ1) is 18.4. The third-order valence-electron chi connectivity index (χ3n) is 5.08. The van der Waals surface area contributed by atoms with Gasteiger partial charge in [0.15, 0.2) is 11.5 Å². The maximum absolute atomic E-state index is 6.16. The third kappa shape index (κ3) is 3.01. The van der Waals surface area contributed by atoms with Gasteiger partial charge in [-0.2, -0.15) is 0 Å². The number of nitrogens with two attached hydrogens (primary N) is 1. The smallest absolute Gasteiger partial charge is 0.153 e. The second kappa shape index (κ2) is 7.63. The summed E-state index contributed by atoms with van der Waals surface area (Å²) in [4.78, 5) is 9.03. The fraction of sp³-hybridized carbons (Fsp3) is 0. The lowest BCUT2D eigenvalue weighted by atomic mass is 9.99. The quantitative estimate of drug-likeness (QED) is 0.294. The van der Waals surface area contributed by atoms with Crippen LogP contribution in [-0.2, 0) is 0 Å². The number of fused-ring (bicyclic) bond motifs is 1. The van der Waals surface area contributed by atoms with Crippen molar-refractivity contribution < 1.29 is 0 Å². The van der Waals surface area contributed by atoms with Crippen molar-refractivity contribution >= 4 is 28.5 Å². The minimum absolute atomic E-state index is 0.573. The zero-order valence-electron chi connectivity index (χ0n) is 16.0. The van der Waals surface area contributed by atoms with Gasteiger partial charge in [-0.1, -0.05) is 72.3 Å². The van der Waals surface area contributed by atoms with Crippen LogP contribution in [0.25, 0.3) is 39.1 Å². The van der Waals surface area contributed by atoms with Crippen molar-refractivity contribution in [2.75, 3.05) is 5.43 Å². The van der Waals surface area contributed by atoms with Crippen molar-refractivity contribution in [1.82, 2.24) is 14.5 Å². The molecule has 6 heteroatoms. The molecule has 3 N–H and O–H groups in total. The summed E-state index contributed by atoms with van der Waals surface area (Å²) in [7, 11) is 0. The molecule has 0 aliphatic rings. The molecule has 0 atom stereocenters. The molecule has 0 amide bonds. The number of nitrogens with one attached hydrogen (secondary N) is 1. The van der Waals surface area contributed by atoms with E-state index in [0.717, 1.165) is 39.1 Å². The van der Waals surface area contributed by atoms with Gasteiger partial charge in [0.1, 0.15) is 6.33 Å². The Labute approximate surface area is 178 Å². The molecule has 2 aromatic heterocycles. The molecule has 0 aliphatic carbocycles. The lowest BCUT2D eigenvalue weighted by Crippen LogP contribution is -2.09. The van der Waals surface area contributed by atoms with E-state index >= 15 is 0 Å². The maximum atomic E-state index is 6.16. The zero-order chi connectivity index (χ0) is 20.5. The van der Waals surface area contributed by atoms with Gasteiger partial charge in [0.25, 0.3) is 0 Å². The van der Waals surface area contributed by atoms with Crippen LogP contribution in [0.4, 0.5) is 5.82 Å². The van der Waals surface area contributed by atoms with Gasteiger partial charge in [-0.25, -0.2) is 15.8 Å². The van der Waals surface area contributed by atoms with Gasteiger partial charge in [0.05, 0.1) is 11.1 Å². The van der Waals surface area contributed by atoms with Crippen LogP contribution in [-0.4, -0.2) is 14.5 Å². The van der Waals surface area contributed by atoms with Crippen LogP contribution in [0.2, 0.25) is 5.02 Å². The molecule has 0 bridgehead atoms. The molecule has 0 unspecified atom stereocenters. The molecule has 0 aliphatic heterocycles. The summed E-state index contributed by atoms with van der Waals surface area (Å²) in [6.07, 6.45) is 1.52. The summed E-state index contributed by atoms with van der Waals surface area (Å²) < 4.78 is 2.13. The van der Waals surface area contributed by atoms with E-state index in [2.05, 4.69) is 44.2 Å². The van der Waals surface area contributed by atoms with Crippen molar-refractivity contribution in [3.05, 3.63) is 96.3 Å². The Hall–Kier alpha value is -3.67. The van der Waals surface area contributed by atoms with Crippen LogP contribution >= 0.6 is 11.6 Å². The maximum Gasteiger partial charge on any atom is 0.153 e. The van der Waals surface area contributed by atoms with E-state index in [1.54, 1.807) is 0 Å². The normalized spacial score (nSPS) is 11.0. The number of hydrogen-bond donors (Lipinski definition) is 2. The number of anilines is 1. The number of halogens is 1. The fourth-order valence-electron chi connectivity index (χ4n) is 3.82. The standard InChI is InChI=1S/C24H18ClN5/c25-18-11-13-19(14-12-18)30-22(17-9-5-2-6-10-17)20(16-7-3-1-4-8-16)21-23(29-26)27-15-28-24(21)30/h1-15H,26H2,(H,27,28,29). The van der Waals surface area contributed by atoms with E-state index in [9.17, 15) is 0 Å². The fourth-order valence-corrected chi connectivity index (χ4v) is 3.94. The minimum atomic E-state index is 0.573. The summed E-state index contributed by atoms with van der Waals surface area (Å²) >= 11 is 6.16. The average Bonchev–Trinajstić information content (AvgIpc) is 3.16. The van der Waals surface area contributed by atoms with E-state index in [4.69, 9.17) is 17.4 Å². The van der Waals surface area contributed by atoms with Crippen molar-refractivity contribution in [2.24, 2.45) is 5.84 Å². The molecule has 146 valence electrons. The molecule has 3 aromatic carbocycles. The Morgan fingerprint density at radius 1 is 0.767 bits per heavy atom. The predicted molar refractivity (Wildman–Crippen MR) is 123 cm³/mol. The van der Waals surface area contributed by atoms with Gasteiger partial charge in [-0.15, -0.1) is 0 Å². The lowest BCUT2D eigenvalue weighted by molar-refractivity contribution is 1.08. The van der Waals surface area contributed by atoms with Gasteiger partial charge in [0.2, 0.25) is 0 Å². The molecular formula is C24H18ClN5.